The molecule has 5 N–H and O–H groups in total. The molecule has 0 atom stereocenters. The highest BCUT2D eigenvalue weighted by atomic mass is 16.4. The minimum Gasteiger partial charge on any atom is -0.480 e. The SMILES string of the molecule is N#C/C(=C/Nc1ccc(C(N)=O)cc1)C(=O)NCC(=O)O. The van der Waals surface area contributed by atoms with Crippen molar-refractivity contribution in [1.82, 2.24) is 5.32 Å². The zero-order valence-corrected chi connectivity index (χ0v) is 10.8. The van der Waals surface area contributed by atoms with Crippen molar-refractivity contribution >= 4 is 23.5 Å². The maximum atomic E-state index is 11.5. The molecule has 0 saturated heterocycles. The number of carboxylic acids is 1. The normalized spacial score (nSPS) is 10.3. The third kappa shape index (κ3) is 5.04. The van der Waals surface area contributed by atoms with Gasteiger partial charge in [0, 0.05) is 17.5 Å². The molecule has 8 nitrogen and oxygen atoms in total. The number of nitriles is 1. The van der Waals surface area contributed by atoms with E-state index < -0.39 is 24.3 Å². The number of aliphatic carboxylic acids is 1. The predicted octanol–water partition coefficient (Wildman–Crippen LogP) is -0.194. The summed E-state index contributed by atoms with van der Waals surface area (Å²) in [5.74, 6) is -2.58. The van der Waals surface area contributed by atoms with Crippen molar-refractivity contribution in [2.45, 2.75) is 0 Å². The van der Waals surface area contributed by atoms with Gasteiger partial charge in [0.15, 0.2) is 0 Å². The molecule has 0 aliphatic carbocycles. The second-order valence-corrected chi connectivity index (χ2v) is 3.83. The lowest BCUT2D eigenvalue weighted by Crippen LogP contribution is -2.30. The molecule has 0 saturated carbocycles. The van der Waals surface area contributed by atoms with E-state index in [1.54, 1.807) is 18.2 Å². The smallest absolute Gasteiger partial charge is 0.322 e. The van der Waals surface area contributed by atoms with Crippen LogP contribution in [0.5, 0.6) is 0 Å². The Morgan fingerprint density at radius 2 is 1.90 bits per heavy atom. The highest BCUT2D eigenvalue weighted by molar-refractivity contribution is 5.98. The number of carbonyl (C=O) groups excluding carboxylic acids is 2. The number of hydrogen-bond donors (Lipinski definition) is 4. The van der Waals surface area contributed by atoms with Crippen molar-refractivity contribution in [3.05, 3.63) is 41.6 Å². The fourth-order valence-corrected chi connectivity index (χ4v) is 1.29. The molecule has 1 aromatic carbocycles. The Balaban J connectivity index is 2.72. The van der Waals surface area contributed by atoms with Crippen LogP contribution in [-0.2, 0) is 9.59 Å². The van der Waals surface area contributed by atoms with E-state index >= 15 is 0 Å². The van der Waals surface area contributed by atoms with Crippen LogP contribution in [0, 0.1) is 11.3 Å². The summed E-state index contributed by atoms with van der Waals surface area (Å²) in [5.41, 5.74) is 5.66. The minimum atomic E-state index is -1.21. The molecule has 0 aromatic heterocycles. The molecule has 0 heterocycles. The second kappa shape index (κ2) is 7.30. The summed E-state index contributed by atoms with van der Waals surface area (Å²) < 4.78 is 0. The van der Waals surface area contributed by atoms with E-state index in [1.807, 2.05) is 0 Å². The van der Waals surface area contributed by atoms with Crippen LogP contribution in [0.1, 0.15) is 10.4 Å². The van der Waals surface area contributed by atoms with Gasteiger partial charge in [0.05, 0.1) is 0 Å². The van der Waals surface area contributed by atoms with E-state index in [0.29, 0.717) is 11.3 Å². The van der Waals surface area contributed by atoms with Gasteiger partial charge in [-0.3, -0.25) is 14.4 Å². The molecule has 1 rings (SSSR count). The number of nitrogens with two attached hydrogens (primary N) is 1. The molecule has 2 amide bonds. The van der Waals surface area contributed by atoms with Gasteiger partial charge in [0.1, 0.15) is 18.2 Å². The lowest BCUT2D eigenvalue weighted by molar-refractivity contribution is -0.137. The molecule has 0 unspecified atom stereocenters. The molecule has 0 spiro atoms. The zero-order valence-electron chi connectivity index (χ0n) is 10.8. The first-order valence-electron chi connectivity index (χ1n) is 5.70. The predicted molar refractivity (Wildman–Crippen MR) is 72.9 cm³/mol. The van der Waals surface area contributed by atoms with E-state index in [1.165, 1.54) is 12.1 Å². The zero-order chi connectivity index (χ0) is 15.8. The van der Waals surface area contributed by atoms with E-state index in [-0.39, 0.29) is 5.57 Å². The van der Waals surface area contributed by atoms with Crippen LogP contribution in [0.4, 0.5) is 5.69 Å². The quantitative estimate of drug-likeness (QED) is 0.421. The van der Waals surface area contributed by atoms with E-state index in [9.17, 15) is 14.4 Å². The van der Waals surface area contributed by atoms with Gasteiger partial charge in [-0.1, -0.05) is 0 Å². The Hall–Kier alpha value is -3.34. The Kier molecular flexibility index (Phi) is 5.46. The number of anilines is 1. The molecule has 8 heteroatoms. The van der Waals surface area contributed by atoms with Gasteiger partial charge in [-0.05, 0) is 24.3 Å². The van der Waals surface area contributed by atoms with Crippen LogP contribution in [0.15, 0.2) is 36.0 Å². The van der Waals surface area contributed by atoms with Crippen LogP contribution in [0.2, 0.25) is 0 Å². The molecular formula is C13H12N4O4. The number of amides is 2. The number of nitrogens with one attached hydrogen (secondary N) is 2. The summed E-state index contributed by atoms with van der Waals surface area (Å²) in [6.45, 7) is -0.578. The van der Waals surface area contributed by atoms with Crippen molar-refractivity contribution in [2.75, 3.05) is 11.9 Å². The topological polar surface area (TPSA) is 145 Å². The molecule has 0 aliphatic heterocycles. The highest BCUT2D eigenvalue weighted by Crippen LogP contribution is 2.09. The Labute approximate surface area is 119 Å². The first kappa shape index (κ1) is 15.7. The van der Waals surface area contributed by atoms with Crippen molar-refractivity contribution in [3.63, 3.8) is 0 Å². The molecule has 1 aromatic rings. The van der Waals surface area contributed by atoms with Gasteiger partial charge < -0.3 is 21.5 Å². The number of benzene rings is 1. The van der Waals surface area contributed by atoms with E-state index in [0.717, 1.165) is 6.20 Å². The summed E-state index contributed by atoms with van der Waals surface area (Å²) in [5, 5.41) is 22.0. The van der Waals surface area contributed by atoms with Crippen molar-refractivity contribution in [3.8, 4) is 6.07 Å². The number of primary amides is 1. The highest BCUT2D eigenvalue weighted by Gasteiger charge is 2.09. The van der Waals surface area contributed by atoms with Crippen LogP contribution in [0.3, 0.4) is 0 Å². The van der Waals surface area contributed by atoms with Crippen LogP contribution in [0.25, 0.3) is 0 Å². The summed E-state index contributed by atoms with van der Waals surface area (Å²) in [6.07, 6.45) is 1.14. The van der Waals surface area contributed by atoms with Gasteiger partial charge in [-0.2, -0.15) is 5.26 Å². The van der Waals surface area contributed by atoms with Crippen molar-refractivity contribution in [2.24, 2.45) is 5.73 Å². The van der Waals surface area contributed by atoms with E-state index in [2.05, 4.69) is 10.6 Å². The van der Waals surface area contributed by atoms with Crippen molar-refractivity contribution < 1.29 is 19.5 Å². The molecule has 0 bridgehead atoms. The monoisotopic (exact) mass is 288 g/mol. The Morgan fingerprint density at radius 1 is 1.29 bits per heavy atom. The number of carboxylic acid groups (broad SMARTS) is 1. The third-order valence-corrected chi connectivity index (χ3v) is 2.32. The van der Waals surface area contributed by atoms with Crippen molar-refractivity contribution in [1.29, 1.82) is 5.26 Å². The lowest BCUT2D eigenvalue weighted by Gasteiger charge is -2.04. The summed E-state index contributed by atoms with van der Waals surface area (Å²) >= 11 is 0. The molecule has 0 fully saturated rings. The maximum Gasteiger partial charge on any atom is 0.322 e. The van der Waals surface area contributed by atoms with Gasteiger partial charge in [0.25, 0.3) is 5.91 Å². The molecule has 21 heavy (non-hydrogen) atoms. The van der Waals surface area contributed by atoms with Gasteiger partial charge in [-0.15, -0.1) is 0 Å². The molecule has 108 valence electrons. The maximum absolute atomic E-state index is 11.5. The fraction of sp³-hybridized carbons (Fsp3) is 0.0769. The van der Waals surface area contributed by atoms with Crippen LogP contribution in [-0.4, -0.2) is 29.4 Å². The number of carbonyl (C=O) groups is 3. The summed E-state index contributed by atoms with van der Waals surface area (Å²) in [7, 11) is 0. The Morgan fingerprint density at radius 3 is 2.38 bits per heavy atom. The average molecular weight is 288 g/mol. The first-order chi connectivity index (χ1) is 9.93. The fourth-order valence-electron chi connectivity index (χ4n) is 1.29. The number of rotatable bonds is 6. The van der Waals surface area contributed by atoms with Crippen LogP contribution < -0.4 is 16.4 Å². The number of nitrogens with zero attached hydrogens (tertiary/aromatic N) is 1. The van der Waals surface area contributed by atoms with Gasteiger partial charge in [0.2, 0.25) is 5.91 Å². The van der Waals surface area contributed by atoms with Crippen LogP contribution >= 0.6 is 0 Å². The second-order valence-electron chi connectivity index (χ2n) is 3.83. The summed E-state index contributed by atoms with van der Waals surface area (Å²) in [4.78, 5) is 32.7. The molecule has 0 aliphatic rings. The average Bonchev–Trinajstić information content (AvgIpc) is 2.46. The molecular weight excluding hydrogens is 276 g/mol. The summed E-state index contributed by atoms with van der Waals surface area (Å²) in [6, 6.07) is 7.69. The van der Waals surface area contributed by atoms with Gasteiger partial charge >= 0.3 is 5.97 Å². The van der Waals surface area contributed by atoms with E-state index in [4.69, 9.17) is 16.1 Å². The minimum absolute atomic E-state index is 0.282. The number of hydrogen-bond acceptors (Lipinski definition) is 5. The van der Waals surface area contributed by atoms with Gasteiger partial charge in [-0.25, -0.2) is 0 Å². The largest absolute Gasteiger partial charge is 0.480 e. The first-order valence-corrected chi connectivity index (χ1v) is 5.70. The third-order valence-electron chi connectivity index (χ3n) is 2.32. The standard InChI is InChI=1S/C13H12N4O4/c14-5-9(13(21)17-7-11(18)19)6-16-10-3-1-8(2-4-10)12(15)20/h1-4,6,16H,7H2,(H2,15,20)(H,17,21)(H,18,19)/b9-6-. The lowest BCUT2D eigenvalue weighted by atomic mass is 10.2. The Bertz CT molecular complexity index is 629. The molecule has 0 radical (unpaired) electrons.